The molecule has 0 aromatic heterocycles. The zero-order chi connectivity index (χ0) is 28.7. The van der Waals surface area contributed by atoms with Crippen LogP contribution in [0.1, 0.15) is 12.8 Å². The van der Waals surface area contributed by atoms with Crippen LogP contribution in [-0.4, -0.2) is 50.1 Å². The fraction of sp³-hybridized carbons (Fsp3) is 0.167. The fourth-order valence-electron chi connectivity index (χ4n) is 7.93. The summed E-state index contributed by atoms with van der Waals surface area (Å²) in [6, 6.07) is 33.3. The molecule has 0 aliphatic carbocycles. The number of benzene rings is 5. The molecule has 0 atom stereocenters. The van der Waals surface area contributed by atoms with Crippen molar-refractivity contribution in [2.24, 2.45) is 0 Å². The van der Waals surface area contributed by atoms with Crippen molar-refractivity contribution < 1.29 is 19.7 Å². The lowest BCUT2D eigenvalue weighted by Gasteiger charge is -2.42. The monoisotopic (exact) mass is 561 g/mol. The van der Waals surface area contributed by atoms with Gasteiger partial charge in [0.15, 0.2) is 0 Å². The summed E-state index contributed by atoms with van der Waals surface area (Å²) in [5, 5.41) is 18.4. The predicted molar refractivity (Wildman–Crippen MR) is 176 cm³/mol. The van der Waals surface area contributed by atoms with E-state index in [1.165, 1.54) is 72.1 Å². The lowest BCUT2D eigenvalue weighted by molar-refractivity contribution is 0.233. The average Bonchev–Trinajstić information content (AvgIpc) is 3.55. The first-order chi connectivity index (χ1) is 21.3. The minimum absolute atomic E-state index is 0.127. The Balaban J connectivity index is 1.24. The first-order valence-corrected chi connectivity index (χ1v) is 15.2. The van der Waals surface area contributed by atoms with Crippen molar-refractivity contribution in [3.05, 3.63) is 91.0 Å². The third kappa shape index (κ3) is 3.43. The normalized spacial score (nSPS) is 13.8. The highest BCUT2D eigenvalue weighted by Gasteiger charge is 2.49. The zero-order valence-electron chi connectivity index (χ0n) is 23.7. The van der Waals surface area contributed by atoms with Crippen LogP contribution in [0.5, 0.6) is 11.5 Å². The second kappa shape index (κ2) is 9.53. The van der Waals surface area contributed by atoms with Gasteiger partial charge in [0.05, 0.1) is 13.2 Å². The Bertz CT molecular complexity index is 1820. The number of hydrogen-bond acceptors (Lipinski definition) is 5. The van der Waals surface area contributed by atoms with E-state index in [2.05, 4.69) is 95.9 Å². The van der Waals surface area contributed by atoms with Gasteiger partial charge in [0.2, 0.25) is 13.4 Å². The lowest BCUT2D eigenvalue weighted by Crippen LogP contribution is -2.62. The summed E-state index contributed by atoms with van der Waals surface area (Å²) < 4.78 is 12.0. The minimum Gasteiger partial charge on any atom is -0.493 e. The van der Waals surface area contributed by atoms with Crippen molar-refractivity contribution in [1.29, 1.82) is 0 Å². The summed E-state index contributed by atoms with van der Waals surface area (Å²) in [7, 11) is 0. The Labute approximate surface area is 251 Å². The quantitative estimate of drug-likeness (QED) is 0.221. The third-order valence-electron chi connectivity index (χ3n) is 9.56. The second-order valence-electron chi connectivity index (χ2n) is 11.8. The van der Waals surface area contributed by atoms with E-state index in [1.807, 2.05) is 0 Å². The van der Waals surface area contributed by atoms with Gasteiger partial charge in [0.1, 0.15) is 11.5 Å². The molecule has 5 nitrogen and oxygen atoms in total. The summed E-state index contributed by atoms with van der Waals surface area (Å²) in [5.74, 6) is 1.69. The van der Waals surface area contributed by atoms with Crippen LogP contribution < -0.4 is 47.2 Å². The van der Waals surface area contributed by atoms with Crippen molar-refractivity contribution >= 4 is 63.3 Å². The van der Waals surface area contributed by atoms with Gasteiger partial charge in [-0.25, -0.2) is 0 Å². The lowest BCUT2D eigenvalue weighted by atomic mass is 9.32. The Kier molecular flexibility index (Phi) is 5.56. The van der Waals surface area contributed by atoms with Crippen LogP contribution in [0, 0.1) is 0 Å². The van der Waals surface area contributed by atoms with Crippen LogP contribution in [0.4, 0.5) is 17.1 Å². The second-order valence-corrected chi connectivity index (χ2v) is 11.8. The molecule has 4 aliphatic heterocycles. The molecule has 0 amide bonds. The maximum Gasteiger partial charge on any atom is 0.248 e. The van der Waals surface area contributed by atoms with E-state index in [4.69, 9.17) is 9.47 Å². The van der Waals surface area contributed by atoms with Crippen LogP contribution in [-0.2, 0) is 0 Å². The van der Waals surface area contributed by atoms with Gasteiger partial charge >= 0.3 is 0 Å². The van der Waals surface area contributed by atoms with Crippen LogP contribution in [0.2, 0.25) is 0 Å². The van der Waals surface area contributed by atoms with Gasteiger partial charge in [-0.15, -0.1) is 0 Å². The maximum absolute atomic E-state index is 9.22. The molecule has 9 rings (SSSR count). The Morgan fingerprint density at radius 3 is 1.51 bits per heavy atom. The van der Waals surface area contributed by atoms with Gasteiger partial charge in [0.25, 0.3) is 0 Å². The number of para-hydroxylation sites is 1. The Morgan fingerprint density at radius 1 is 0.535 bits per heavy atom. The SMILES string of the molecule is OCCCOc1ccc2c(c1)-c1cccc3c1B2c1cccc2c1N3c1cccc3c1B2c1ccc(OCCCO)cc1-3. The summed E-state index contributed by atoms with van der Waals surface area (Å²) >= 11 is 0. The molecule has 0 saturated carbocycles. The van der Waals surface area contributed by atoms with Gasteiger partial charge in [0, 0.05) is 43.1 Å². The molecule has 0 fully saturated rings. The largest absolute Gasteiger partial charge is 0.493 e. The summed E-state index contributed by atoms with van der Waals surface area (Å²) in [5.41, 5.74) is 16.9. The molecular weight excluding hydrogens is 532 g/mol. The zero-order valence-corrected chi connectivity index (χ0v) is 23.7. The van der Waals surface area contributed by atoms with Crippen LogP contribution in [0.15, 0.2) is 91.0 Å². The van der Waals surface area contributed by atoms with Gasteiger partial charge < -0.3 is 24.6 Å². The van der Waals surface area contributed by atoms with E-state index in [0.29, 0.717) is 26.1 Å². The van der Waals surface area contributed by atoms with E-state index >= 15 is 0 Å². The fourth-order valence-corrected chi connectivity index (χ4v) is 7.93. The van der Waals surface area contributed by atoms with Crippen molar-refractivity contribution in [2.45, 2.75) is 12.8 Å². The van der Waals surface area contributed by atoms with E-state index in [1.54, 1.807) is 0 Å². The smallest absolute Gasteiger partial charge is 0.248 e. The number of nitrogens with zero attached hydrogens (tertiary/aromatic N) is 1. The molecule has 5 aromatic rings. The Hall–Kier alpha value is -4.45. The number of hydrogen-bond donors (Lipinski definition) is 2. The molecule has 7 heteroatoms. The highest BCUT2D eigenvalue weighted by molar-refractivity contribution is 7.05. The number of aliphatic hydroxyl groups excluding tert-OH is 2. The molecule has 0 saturated heterocycles. The maximum atomic E-state index is 9.22. The highest BCUT2D eigenvalue weighted by atomic mass is 16.5. The molecule has 0 radical (unpaired) electrons. The van der Waals surface area contributed by atoms with Crippen molar-refractivity contribution in [3.8, 4) is 33.8 Å². The van der Waals surface area contributed by atoms with Gasteiger partial charge in [-0.2, -0.15) is 0 Å². The number of rotatable bonds is 8. The average molecular weight is 561 g/mol. The standard InChI is InChI=1S/C36H29B2NO4/c40-16-4-18-42-22-12-14-28-26(20-22)24-6-1-10-32-34(24)37(28)30-8-3-9-31-36(30)39(32)33-11-2-7-25-27-21-23(43-19-5-17-41)13-15-29(27)38(31)35(25)33/h1-3,6-15,20-21,40-41H,4-5,16-19H2. The first kappa shape index (κ1) is 25.1. The van der Waals surface area contributed by atoms with E-state index in [-0.39, 0.29) is 26.6 Å². The minimum atomic E-state index is 0.127. The molecule has 4 heterocycles. The topological polar surface area (TPSA) is 62.2 Å². The van der Waals surface area contributed by atoms with Gasteiger partial charge in [-0.05, 0) is 80.5 Å². The van der Waals surface area contributed by atoms with Gasteiger partial charge in [-0.1, -0.05) is 65.5 Å². The van der Waals surface area contributed by atoms with E-state index < -0.39 is 0 Å². The molecule has 4 aliphatic rings. The highest BCUT2D eigenvalue weighted by Crippen LogP contribution is 2.44. The molecule has 0 unspecified atom stereocenters. The summed E-state index contributed by atoms with van der Waals surface area (Å²) in [6.45, 7) is 1.58. The molecule has 0 bridgehead atoms. The van der Waals surface area contributed by atoms with Gasteiger partial charge in [-0.3, -0.25) is 0 Å². The predicted octanol–water partition coefficient (Wildman–Crippen LogP) is 2.30. The molecule has 208 valence electrons. The molecular formula is C36H29B2NO4. The van der Waals surface area contributed by atoms with Crippen molar-refractivity contribution in [3.63, 3.8) is 0 Å². The molecule has 43 heavy (non-hydrogen) atoms. The first-order valence-electron chi connectivity index (χ1n) is 15.2. The molecule has 2 N–H and O–H groups in total. The van der Waals surface area contributed by atoms with E-state index in [9.17, 15) is 10.2 Å². The number of fused-ring (bicyclic) bond motifs is 10. The molecule has 5 aromatic carbocycles. The van der Waals surface area contributed by atoms with Crippen molar-refractivity contribution in [1.82, 2.24) is 0 Å². The number of ether oxygens (including phenoxy) is 2. The van der Waals surface area contributed by atoms with Crippen LogP contribution in [0.25, 0.3) is 22.3 Å². The Morgan fingerprint density at radius 2 is 1.02 bits per heavy atom. The number of anilines is 3. The van der Waals surface area contributed by atoms with Crippen molar-refractivity contribution in [2.75, 3.05) is 31.3 Å². The van der Waals surface area contributed by atoms with E-state index in [0.717, 1.165) is 11.5 Å². The summed E-state index contributed by atoms with van der Waals surface area (Å²) in [6.07, 6.45) is 1.24. The van der Waals surface area contributed by atoms with Crippen LogP contribution >= 0.6 is 0 Å². The van der Waals surface area contributed by atoms with Crippen LogP contribution in [0.3, 0.4) is 0 Å². The third-order valence-corrected chi connectivity index (χ3v) is 9.56. The summed E-state index contributed by atoms with van der Waals surface area (Å²) in [4.78, 5) is 2.52. The molecule has 0 spiro atoms. The number of aliphatic hydroxyl groups is 2.